The van der Waals surface area contributed by atoms with Gasteiger partial charge < -0.3 is 5.73 Å². The molecular formula is C14H27N. The molecule has 0 aromatic rings. The molecule has 0 atom stereocenters. The van der Waals surface area contributed by atoms with Crippen LogP contribution in [-0.4, -0.2) is 5.54 Å². The molecule has 0 aromatic carbocycles. The van der Waals surface area contributed by atoms with Gasteiger partial charge in [-0.05, 0) is 25.2 Å². The largest absolute Gasteiger partial charge is 0.325 e. The normalized spacial score (nSPS) is 28.6. The molecule has 1 heteroatoms. The maximum Gasteiger partial charge on any atom is 0.0157 e. The molecular weight excluding hydrogens is 182 g/mol. The van der Waals surface area contributed by atoms with E-state index in [1.165, 1.54) is 77.0 Å². The molecule has 0 saturated heterocycles. The van der Waals surface area contributed by atoms with E-state index in [2.05, 4.69) is 0 Å². The number of hydrogen-bond acceptors (Lipinski definition) is 1. The molecule has 2 aliphatic rings. The zero-order valence-electron chi connectivity index (χ0n) is 10.1. The van der Waals surface area contributed by atoms with Crippen molar-refractivity contribution in [1.29, 1.82) is 0 Å². The van der Waals surface area contributed by atoms with E-state index < -0.39 is 0 Å². The maximum atomic E-state index is 6.61. The summed E-state index contributed by atoms with van der Waals surface area (Å²) < 4.78 is 0. The molecule has 0 radical (unpaired) electrons. The Morgan fingerprint density at radius 1 is 0.800 bits per heavy atom. The Morgan fingerprint density at radius 2 is 1.33 bits per heavy atom. The standard InChI is InChI=1S/C14H27N/c15-14(12-13-8-4-5-9-13)10-6-2-1-3-7-11-14/h13H,1-12,15H2. The van der Waals surface area contributed by atoms with Crippen molar-refractivity contribution in [1.82, 2.24) is 0 Å². The van der Waals surface area contributed by atoms with Gasteiger partial charge in [0.25, 0.3) is 0 Å². The van der Waals surface area contributed by atoms with E-state index in [9.17, 15) is 0 Å². The fraction of sp³-hybridized carbons (Fsp3) is 1.00. The van der Waals surface area contributed by atoms with Gasteiger partial charge in [-0.3, -0.25) is 0 Å². The first kappa shape index (κ1) is 11.4. The zero-order valence-corrected chi connectivity index (χ0v) is 10.1. The number of rotatable bonds is 2. The Hall–Kier alpha value is -0.0400. The van der Waals surface area contributed by atoms with Gasteiger partial charge in [-0.25, -0.2) is 0 Å². The Morgan fingerprint density at radius 3 is 1.93 bits per heavy atom. The van der Waals surface area contributed by atoms with Gasteiger partial charge in [0.2, 0.25) is 0 Å². The van der Waals surface area contributed by atoms with Crippen LogP contribution in [-0.2, 0) is 0 Å². The predicted molar refractivity (Wildman–Crippen MR) is 65.8 cm³/mol. The summed E-state index contributed by atoms with van der Waals surface area (Å²) in [6.45, 7) is 0. The van der Waals surface area contributed by atoms with Gasteiger partial charge in [0.05, 0.1) is 0 Å². The van der Waals surface area contributed by atoms with Gasteiger partial charge >= 0.3 is 0 Å². The van der Waals surface area contributed by atoms with Gasteiger partial charge in [-0.1, -0.05) is 57.8 Å². The third kappa shape index (κ3) is 3.48. The molecule has 2 fully saturated rings. The van der Waals surface area contributed by atoms with Crippen LogP contribution in [0.2, 0.25) is 0 Å². The SMILES string of the molecule is NC1(CC2CCCC2)CCCCCCC1. The van der Waals surface area contributed by atoms with Crippen LogP contribution in [0.1, 0.15) is 77.0 Å². The van der Waals surface area contributed by atoms with Gasteiger partial charge in [-0.2, -0.15) is 0 Å². The quantitative estimate of drug-likeness (QED) is 0.730. The Bertz CT molecular complexity index is 174. The Kier molecular flexibility index (Phi) is 4.07. The van der Waals surface area contributed by atoms with E-state index in [1.807, 2.05) is 0 Å². The Labute approximate surface area is 94.8 Å². The first-order valence-electron chi connectivity index (χ1n) is 7.07. The fourth-order valence-corrected chi connectivity index (χ4v) is 3.60. The highest BCUT2D eigenvalue weighted by Gasteiger charge is 2.29. The average molecular weight is 209 g/mol. The van der Waals surface area contributed by atoms with Crippen molar-refractivity contribution in [3.63, 3.8) is 0 Å². The lowest BCUT2D eigenvalue weighted by molar-refractivity contribution is 0.254. The lowest BCUT2D eigenvalue weighted by atomic mass is 9.78. The highest BCUT2D eigenvalue weighted by atomic mass is 14.7. The molecule has 88 valence electrons. The minimum Gasteiger partial charge on any atom is -0.325 e. The average Bonchev–Trinajstić information content (AvgIpc) is 2.65. The lowest BCUT2D eigenvalue weighted by Crippen LogP contribution is -2.41. The van der Waals surface area contributed by atoms with Crippen molar-refractivity contribution in [3.8, 4) is 0 Å². The maximum absolute atomic E-state index is 6.61. The second-order valence-electron chi connectivity index (χ2n) is 5.98. The van der Waals surface area contributed by atoms with Gasteiger partial charge in [0.15, 0.2) is 0 Å². The zero-order chi connectivity index (χ0) is 10.6. The minimum absolute atomic E-state index is 0.218. The minimum atomic E-state index is 0.218. The first-order chi connectivity index (χ1) is 7.29. The van der Waals surface area contributed by atoms with E-state index in [0.29, 0.717) is 0 Å². The van der Waals surface area contributed by atoms with Gasteiger partial charge in [0, 0.05) is 5.54 Å². The summed E-state index contributed by atoms with van der Waals surface area (Å²) in [4.78, 5) is 0. The lowest BCUT2D eigenvalue weighted by Gasteiger charge is -2.34. The van der Waals surface area contributed by atoms with Crippen molar-refractivity contribution in [3.05, 3.63) is 0 Å². The van der Waals surface area contributed by atoms with Crippen molar-refractivity contribution < 1.29 is 0 Å². The molecule has 0 unspecified atom stereocenters. The van der Waals surface area contributed by atoms with E-state index in [1.54, 1.807) is 0 Å². The van der Waals surface area contributed by atoms with Crippen molar-refractivity contribution in [2.24, 2.45) is 11.7 Å². The van der Waals surface area contributed by atoms with Crippen LogP contribution < -0.4 is 5.73 Å². The third-order valence-electron chi connectivity index (χ3n) is 4.52. The summed E-state index contributed by atoms with van der Waals surface area (Å²) in [5.41, 5.74) is 6.83. The van der Waals surface area contributed by atoms with E-state index in [0.717, 1.165) is 5.92 Å². The van der Waals surface area contributed by atoms with E-state index >= 15 is 0 Å². The molecule has 0 heterocycles. The van der Waals surface area contributed by atoms with Crippen LogP contribution in [0.4, 0.5) is 0 Å². The Balaban J connectivity index is 1.84. The van der Waals surface area contributed by atoms with Crippen LogP contribution in [0.3, 0.4) is 0 Å². The molecule has 15 heavy (non-hydrogen) atoms. The smallest absolute Gasteiger partial charge is 0.0157 e. The number of hydrogen-bond donors (Lipinski definition) is 1. The van der Waals surface area contributed by atoms with E-state index in [4.69, 9.17) is 5.73 Å². The summed E-state index contributed by atoms with van der Waals surface area (Å²) in [5, 5.41) is 0. The molecule has 0 bridgehead atoms. The second-order valence-corrected chi connectivity index (χ2v) is 5.98. The summed E-state index contributed by atoms with van der Waals surface area (Å²) >= 11 is 0. The topological polar surface area (TPSA) is 26.0 Å². The highest BCUT2D eigenvalue weighted by Crippen LogP contribution is 2.36. The predicted octanol–water partition coefficient (Wildman–Crippen LogP) is 4.01. The highest BCUT2D eigenvalue weighted by molar-refractivity contribution is 4.88. The molecule has 0 amide bonds. The molecule has 1 nitrogen and oxygen atoms in total. The van der Waals surface area contributed by atoms with Gasteiger partial charge in [0.1, 0.15) is 0 Å². The van der Waals surface area contributed by atoms with Crippen LogP contribution in [0.5, 0.6) is 0 Å². The molecule has 2 aliphatic carbocycles. The van der Waals surface area contributed by atoms with Crippen molar-refractivity contribution >= 4 is 0 Å². The molecule has 2 N–H and O–H groups in total. The van der Waals surface area contributed by atoms with Crippen molar-refractivity contribution in [2.75, 3.05) is 0 Å². The summed E-state index contributed by atoms with van der Waals surface area (Å²) in [6.07, 6.45) is 16.8. The molecule has 0 aliphatic heterocycles. The van der Waals surface area contributed by atoms with Crippen LogP contribution in [0.25, 0.3) is 0 Å². The first-order valence-corrected chi connectivity index (χ1v) is 7.07. The van der Waals surface area contributed by atoms with Gasteiger partial charge in [-0.15, -0.1) is 0 Å². The summed E-state index contributed by atoms with van der Waals surface area (Å²) in [6, 6.07) is 0. The molecule has 2 rings (SSSR count). The van der Waals surface area contributed by atoms with Crippen molar-refractivity contribution in [2.45, 2.75) is 82.6 Å². The summed E-state index contributed by atoms with van der Waals surface area (Å²) in [7, 11) is 0. The van der Waals surface area contributed by atoms with Crippen LogP contribution >= 0.6 is 0 Å². The van der Waals surface area contributed by atoms with Crippen LogP contribution in [0, 0.1) is 5.92 Å². The van der Waals surface area contributed by atoms with E-state index in [-0.39, 0.29) is 5.54 Å². The number of nitrogens with two attached hydrogens (primary N) is 1. The second kappa shape index (κ2) is 5.34. The molecule has 0 aromatic heterocycles. The molecule has 0 spiro atoms. The fourth-order valence-electron chi connectivity index (χ4n) is 3.60. The van der Waals surface area contributed by atoms with Crippen LogP contribution in [0.15, 0.2) is 0 Å². The summed E-state index contributed by atoms with van der Waals surface area (Å²) in [5.74, 6) is 0.967. The monoisotopic (exact) mass is 209 g/mol. The molecule has 2 saturated carbocycles. The third-order valence-corrected chi connectivity index (χ3v) is 4.52.